The number of hydrogen-bond acceptors (Lipinski definition) is 3. The normalized spacial score (nSPS) is 18.8. The van der Waals surface area contributed by atoms with Crippen LogP contribution in [0.1, 0.15) is 28.3 Å². The van der Waals surface area contributed by atoms with Crippen LogP contribution in [0.3, 0.4) is 0 Å². The van der Waals surface area contributed by atoms with Crippen LogP contribution in [-0.2, 0) is 4.74 Å². The van der Waals surface area contributed by atoms with Crippen LogP contribution in [0.5, 0.6) is 0 Å². The Morgan fingerprint density at radius 2 is 1.94 bits per heavy atom. The van der Waals surface area contributed by atoms with Gasteiger partial charge in [-0.05, 0) is 50.1 Å². The predicted octanol–water partition coefficient (Wildman–Crippen LogP) is 2.41. The molecular weight excluding hydrogens is 224 g/mol. The highest BCUT2D eigenvalue weighted by Gasteiger charge is 2.47. The second kappa shape index (κ2) is 4.72. The van der Waals surface area contributed by atoms with Crippen LogP contribution in [0.25, 0.3) is 0 Å². The van der Waals surface area contributed by atoms with Crippen molar-refractivity contribution in [3.63, 3.8) is 0 Å². The van der Waals surface area contributed by atoms with Crippen LogP contribution in [0.4, 0.5) is 0 Å². The van der Waals surface area contributed by atoms with Crippen molar-refractivity contribution in [2.75, 3.05) is 20.3 Å². The highest BCUT2D eigenvalue weighted by Crippen LogP contribution is 2.41. The molecule has 3 heteroatoms. The molecule has 1 aliphatic heterocycles. The first kappa shape index (κ1) is 13.1. The number of hydrogen-bond donors (Lipinski definition) is 1. The third-order valence-corrected chi connectivity index (χ3v) is 4.19. The Morgan fingerprint density at radius 1 is 1.28 bits per heavy atom. The maximum atomic E-state index is 9.44. The van der Waals surface area contributed by atoms with Crippen molar-refractivity contribution >= 4 is 0 Å². The van der Waals surface area contributed by atoms with E-state index >= 15 is 0 Å². The standard InChI is InChI=1S/C15H20N2O/c1-10-5-6-13(12(3)11(10)2)14(17-4)15(7-16)8-18-9-15/h5-6,14,17H,8-9H2,1-4H3. The summed E-state index contributed by atoms with van der Waals surface area (Å²) in [4.78, 5) is 0. The van der Waals surface area contributed by atoms with Gasteiger partial charge in [-0.25, -0.2) is 0 Å². The van der Waals surface area contributed by atoms with Crippen LogP contribution in [0, 0.1) is 37.5 Å². The molecule has 1 saturated heterocycles. The number of nitrogens with zero attached hydrogens (tertiary/aromatic N) is 1. The molecule has 1 fully saturated rings. The molecule has 0 saturated carbocycles. The number of nitriles is 1. The van der Waals surface area contributed by atoms with Crippen LogP contribution in [0.2, 0.25) is 0 Å². The molecule has 1 N–H and O–H groups in total. The first-order chi connectivity index (χ1) is 8.55. The summed E-state index contributed by atoms with van der Waals surface area (Å²) in [5.74, 6) is 0. The highest BCUT2D eigenvalue weighted by molar-refractivity contribution is 5.42. The van der Waals surface area contributed by atoms with E-state index in [1.54, 1.807) is 0 Å². The molecule has 1 heterocycles. The summed E-state index contributed by atoms with van der Waals surface area (Å²) in [6, 6.07) is 6.74. The molecule has 0 amide bonds. The summed E-state index contributed by atoms with van der Waals surface area (Å²) >= 11 is 0. The summed E-state index contributed by atoms with van der Waals surface area (Å²) in [6.45, 7) is 7.42. The van der Waals surface area contributed by atoms with Crippen molar-refractivity contribution in [3.8, 4) is 6.07 Å². The first-order valence-corrected chi connectivity index (χ1v) is 6.28. The molecule has 0 spiro atoms. The minimum Gasteiger partial charge on any atom is -0.378 e. The van der Waals surface area contributed by atoms with Gasteiger partial charge in [-0.3, -0.25) is 0 Å². The molecular formula is C15H20N2O. The van der Waals surface area contributed by atoms with Gasteiger partial charge in [0, 0.05) is 0 Å². The zero-order valence-electron chi connectivity index (χ0n) is 11.5. The van der Waals surface area contributed by atoms with Gasteiger partial charge in [0.15, 0.2) is 0 Å². The number of rotatable bonds is 3. The number of benzene rings is 1. The lowest BCUT2D eigenvalue weighted by atomic mass is 9.75. The Balaban J connectivity index is 2.46. The Hall–Kier alpha value is -1.37. The van der Waals surface area contributed by atoms with Crippen LogP contribution in [-0.4, -0.2) is 20.3 Å². The number of ether oxygens (including phenoxy) is 1. The van der Waals surface area contributed by atoms with Gasteiger partial charge in [0.05, 0.1) is 25.3 Å². The first-order valence-electron chi connectivity index (χ1n) is 6.28. The average molecular weight is 244 g/mol. The second-order valence-corrected chi connectivity index (χ2v) is 5.20. The molecule has 1 atom stereocenters. The minimum absolute atomic E-state index is 0.0375. The fourth-order valence-electron chi connectivity index (χ4n) is 2.64. The molecule has 0 radical (unpaired) electrons. The van der Waals surface area contributed by atoms with Gasteiger partial charge in [0.2, 0.25) is 0 Å². The van der Waals surface area contributed by atoms with E-state index < -0.39 is 5.41 Å². The summed E-state index contributed by atoms with van der Waals surface area (Å²) in [7, 11) is 1.91. The van der Waals surface area contributed by atoms with E-state index in [0.717, 1.165) is 0 Å². The Bertz CT molecular complexity index is 498. The van der Waals surface area contributed by atoms with E-state index in [1.165, 1.54) is 22.3 Å². The van der Waals surface area contributed by atoms with Crippen LogP contribution < -0.4 is 5.32 Å². The van der Waals surface area contributed by atoms with Crippen LogP contribution in [0.15, 0.2) is 12.1 Å². The van der Waals surface area contributed by atoms with Gasteiger partial charge in [0.1, 0.15) is 5.41 Å². The summed E-state index contributed by atoms with van der Waals surface area (Å²) < 4.78 is 5.26. The summed E-state index contributed by atoms with van der Waals surface area (Å²) in [5.41, 5.74) is 4.67. The monoisotopic (exact) mass is 244 g/mol. The van der Waals surface area contributed by atoms with Gasteiger partial charge in [-0.1, -0.05) is 12.1 Å². The molecule has 18 heavy (non-hydrogen) atoms. The van der Waals surface area contributed by atoms with E-state index in [2.05, 4.69) is 44.3 Å². The molecule has 1 unspecified atom stereocenters. The Labute approximate surface area is 109 Å². The fourth-order valence-corrected chi connectivity index (χ4v) is 2.64. The third kappa shape index (κ3) is 1.82. The lowest BCUT2D eigenvalue weighted by molar-refractivity contribution is -0.0964. The van der Waals surface area contributed by atoms with Gasteiger partial charge in [-0.2, -0.15) is 5.26 Å². The summed E-state index contributed by atoms with van der Waals surface area (Å²) in [6.07, 6.45) is 0. The topological polar surface area (TPSA) is 45.0 Å². The van der Waals surface area contributed by atoms with Crippen molar-refractivity contribution in [2.24, 2.45) is 5.41 Å². The molecule has 0 aromatic heterocycles. The molecule has 96 valence electrons. The number of nitrogens with one attached hydrogen (secondary N) is 1. The van der Waals surface area contributed by atoms with E-state index in [0.29, 0.717) is 13.2 Å². The molecule has 1 aromatic carbocycles. The lowest BCUT2D eigenvalue weighted by Crippen LogP contribution is -2.50. The van der Waals surface area contributed by atoms with Crippen molar-refractivity contribution in [3.05, 3.63) is 34.4 Å². The zero-order chi connectivity index (χ0) is 13.3. The highest BCUT2D eigenvalue weighted by atomic mass is 16.5. The van der Waals surface area contributed by atoms with Crippen molar-refractivity contribution in [2.45, 2.75) is 26.8 Å². The SMILES string of the molecule is CNC(c1ccc(C)c(C)c1C)C1(C#N)COC1. The van der Waals surface area contributed by atoms with E-state index in [9.17, 15) is 5.26 Å². The Morgan fingerprint density at radius 3 is 2.39 bits per heavy atom. The third-order valence-electron chi connectivity index (χ3n) is 4.19. The lowest BCUT2D eigenvalue weighted by Gasteiger charge is -2.42. The zero-order valence-corrected chi connectivity index (χ0v) is 11.5. The van der Waals surface area contributed by atoms with Crippen molar-refractivity contribution < 1.29 is 4.74 Å². The van der Waals surface area contributed by atoms with Gasteiger partial charge < -0.3 is 10.1 Å². The summed E-state index contributed by atoms with van der Waals surface area (Å²) in [5, 5.41) is 12.7. The maximum absolute atomic E-state index is 9.44. The van der Waals surface area contributed by atoms with E-state index in [-0.39, 0.29) is 6.04 Å². The fraction of sp³-hybridized carbons (Fsp3) is 0.533. The predicted molar refractivity (Wildman–Crippen MR) is 71.3 cm³/mol. The molecule has 3 nitrogen and oxygen atoms in total. The molecule has 2 rings (SSSR count). The van der Waals surface area contributed by atoms with Gasteiger partial charge in [-0.15, -0.1) is 0 Å². The second-order valence-electron chi connectivity index (χ2n) is 5.20. The number of aryl methyl sites for hydroxylation is 1. The quantitative estimate of drug-likeness (QED) is 0.888. The minimum atomic E-state index is -0.415. The largest absolute Gasteiger partial charge is 0.378 e. The van der Waals surface area contributed by atoms with Crippen molar-refractivity contribution in [1.82, 2.24) is 5.32 Å². The maximum Gasteiger partial charge on any atom is 0.123 e. The molecule has 0 aliphatic carbocycles. The molecule has 0 bridgehead atoms. The van der Waals surface area contributed by atoms with Gasteiger partial charge >= 0.3 is 0 Å². The molecule has 1 aliphatic rings. The van der Waals surface area contributed by atoms with Crippen LogP contribution >= 0.6 is 0 Å². The van der Waals surface area contributed by atoms with E-state index in [1.807, 2.05) is 7.05 Å². The van der Waals surface area contributed by atoms with Gasteiger partial charge in [0.25, 0.3) is 0 Å². The van der Waals surface area contributed by atoms with Crippen molar-refractivity contribution in [1.29, 1.82) is 5.26 Å². The van der Waals surface area contributed by atoms with E-state index in [4.69, 9.17) is 4.74 Å². The average Bonchev–Trinajstić information content (AvgIpc) is 2.32. The smallest absolute Gasteiger partial charge is 0.123 e. The Kier molecular flexibility index (Phi) is 3.43. The molecule has 1 aromatic rings.